The predicted octanol–water partition coefficient (Wildman–Crippen LogP) is 3.65. The predicted molar refractivity (Wildman–Crippen MR) is 121 cm³/mol. The molecule has 7 nitrogen and oxygen atoms in total. The number of hydrogen-bond acceptors (Lipinski definition) is 6. The van der Waals surface area contributed by atoms with Gasteiger partial charge in [-0.25, -0.2) is 13.2 Å². The molecule has 0 bridgehead atoms. The monoisotopic (exact) mass is 459 g/mol. The van der Waals surface area contributed by atoms with Gasteiger partial charge in [-0.2, -0.15) is 0 Å². The Bertz CT molecular complexity index is 1210. The highest BCUT2D eigenvalue weighted by Gasteiger charge is 2.23. The Morgan fingerprint density at radius 2 is 1.88 bits per heavy atom. The lowest BCUT2D eigenvalue weighted by atomic mass is 10.1. The minimum absolute atomic E-state index is 0.0138. The summed E-state index contributed by atoms with van der Waals surface area (Å²) in [7, 11) is 2.04. The Morgan fingerprint density at radius 3 is 2.55 bits per heavy atom. The smallest absolute Gasteiger partial charge is 0.252 e. The Hall–Kier alpha value is -3.53. The normalized spacial score (nSPS) is 14.5. The van der Waals surface area contributed by atoms with Gasteiger partial charge in [-0.15, -0.1) is 0 Å². The highest BCUT2D eigenvalue weighted by Crippen LogP contribution is 2.38. The first-order chi connectivity index (χ1) is 15.8. The molecule has 1 amide bonds. The molecule has 3 N–H and O–H groups in total. The van der Waals surface area contributed by atoms with Gasteiger partial charge in [0.1, 0.15) is 5.75 Å². The highest BCUT2D eigenvalue weighted by atomic mass is 19.2. The zero-order valence-corrected chi connectivity index (χ0v) is 18.3. The number of nitrogens with one attached hydrogen (secondary N) is 1. The SMILES string of the molecule is CCOc1cc2ncc(C(N)=O)c(Nc3ccc(F)c(F)c3F)c2cc1N1CCN(C)CC1. The van der Waals surface area contributed by atoms with Crippen molar-refractivity contribution in [3.63, 3.8) is 0 Å². The quantitative estimate of drug-likeness (QED) is 0.548. The molecule has 4 rings (SSSR count). The fraction of sp³-hybridized carbons (Fsp3) is 0.304. The number of pyridine rings is 1. The second-order valence-electron chi connectivity index (χ2n) is 7.82. The molecule has 0 radical (unpaired) electrons. The molecular formula is C23H24F3N5O2. The molecule has 1 aromatic heterocycles. The Labute approximate surface area is 188 Å². The molecule has 0 aliphatic carbocycles. The summed E-state index contributed by atoms with van der Waals surface area (Å²) in [5.74, 6) is -4.51. The number of rotatable bonds is 6. The van der Waals surface area contributed by atoms with Crippen LogP contribution in [0.1, 0.15) is 17.3 Å². The lowest BCUT2D eigenvalue weighted by Crippen LogP contribution is -2.44. The van der Waals surface area contributed by atoms with Crippen LogP contribution < -0.4 is 20.7 Å². The highest BCUT2D eigenvalue weighted by molar-refractivity contribution is 6.08. The molecule has 1 aliphatic heterocycles. The molecule has 33 heavy (non-hydrogen) atoms. The summed E-state index contributed by atoms with van der Waals surface area (Å²) in [5.41, 5.74) is 6.59. The number of anilines is 3. The zero-order valence-electron chi connectivity index (χ0n) is 18.3. The molecule has 0 atom stereocenters. The number of fused-ring (bicyclic) bond motifs is 1. The van der Waals surface area contributed by atoms with Gasteiger partial charge >= 0.3 is 0 Å². The summed E-state index contributed by atoms with van der Waals surface area (Å²) >= 11 is 0. The zero-order chi connectivity index (χ0) is 23.7. The van der Waals surface area contributed by atoms with E-state index < -0.39 is 23.4 Å². The van der Waals surface area contributed by atoms with E-state index in [0.717, 1.165) is 44.0 Å². The van der Waals surface area contributed by atoms with Crippen molar-refractivity contribution in [1.82, 2.24) is 9.88 Å². The van der Waals surface area contributed by atoms with Gasteiger partial charge in [0, 0.05) is 43.8 Å². The van der Waals surface area contributed by atoms with Gasteiger partial charge < -0.3 is 25.6 Å². The molecule has 2 heterocycles. The number of likely N-dealkylation sites (N-methyl/N-ethyl adjacent to an activating group) is 1. The van der Waals surface area contributed by atoms with Gasteiger partial charge in [0.25, 0.3) is 5.91 Å². The summed E-state index contributed by atoms with van der Waals surface area (Å²) in [4.78, 5) is 20.8. The van der Waals surface area contributed by atoms with Crippen molar-refractivity contribution >= 4 is 33.9 Å². The van der Waals surface area contributed by atoms with Crippen LogP contribution in [0.2, 0.25) is 0 Å². The molecule has 3 aromatic rings. The number of aromatic nitrogens is 1. The summed E-state index contributed by atoms with van der Waals surface area (Å²) < 4.78 is 47.5. The van der Waals surface area contributed by atoms with Crippen LogP contribution in [0, 0.1) is 17.5 Å². The first kappa shape index (κ1) is 22.7. The summed E-state index contributed by atoms with van der Waals surface area (Å²) in [6.45, 7) is 5.54. The largest absolute Gasteiger partial charge is 0.492 e. The molecule has 174 valence electrons. The van der Waals surface area contributed by atoms with Crippen LogP contribution in [0.4, 0.5) is 30.2 Å². The topological polar surface area (TPSA) is 83.7 Å². The molecule has 0 unspecified atom stereocenters. The second-order valence-corrected chi connectivity index (χ2v) is 7.82. The standard InChI is InChI=1S/C23H24F3N5O2/c1-3-33-19-11-17-13(10-18(19)31-8-6-30(2)7-9-31)22(14(12-28-17)23(27)32)29-16-5-4-15(24)20(25)21(16)26/h4-5,10-12H,3,6-9H2,1-2H3,(H2,27,32)(H,28,29). The van der Waals surface area contributed by atoms with Crippen LogP contribution in [0.3, 0.4) is 0 Å². The van der Waals surface area contributed by atoms with Crippen molar-refractivity contribution in [2.75, 3.05) is 50.1 Å². The van der Waals surface area contributed by atoms with Gasteiger partial charge in [0.15, 0.2) is 17.5 Å². The fourth-order valence-corrected chi connectivity index (χ4v) is 3.85. The average molecular weight is 459 g/mol. The number of amides is 1. The van der Waals surface area contributed by atoms with E-state index in [2.05, 4.69) is 20.1 Å². The van der Waals surface area contributed by atoms with Gasteiger partial charge in [-0.1, -0.05) is 0 Å². The number of carbonyl (C=O) groups excluding carboxylic acids is 1. The van der Waals surface area contributed by atoms with E-state index in [1.807, 2.05) is 14.0 Å². The summed E-state index contributed by atoms with van der Waals surface area (Å²) in [6.07, 6.45) is 1.26. The number of nitrogens with two attached hydrogens (primary N) is 1. The van der Waals surface area contributed by atoms with Crippen molar-refractivity contribution in [1.29, 1.82) is 0 Å². The molecule has 2 aromatic carbocycles. The van der Waals surface area contributed by atoms with Gasteiger partial charge in [-0.05, 0) is 32.2 Å². The van der Waals surface area contributed by atoms with Crippen molar-refractivity contribution < 1.29 is 22.7 Å². The summed E-state index contributed by atoms with van der Waals surface area (Å²) in [6, 6.07) is 5.40. The summed E-state index contributed by atoms with van der Waals surface area (Å²) in [5, 5.41) is 3.20. The number of hydrogen-bond donors (Lipinski definition) is 2. The average Bonchev–Trinajstić information content (AvgIpc) is 2.79. The Balaban J connectivity index is 1.90. The third kappa shape index (κ3) is 4.38. The lowest BCUT2D eigenvalue weighted by molar-refractivity contribution is 0.100. The van der Waals surface area contributed by atoms with Gasteiger partial charge in [-0.3, -0.25) is 9.78 Å². The van der Waals surface area contributed by atoms with Crippen molar-refractivity contribution in [3.8, 4) is 5.75 Å². The number of benzene rings is 2. The number of piperazine rings is 1. The number of halogens is 3. The first-order valence-electron chi connectivity index (χ1n) is 10.5. The van der Waals surface area contributed by atoms with E-state index in [-0.39, 0.29) is 16.9 Å². The number of nitrogens with zero attached hydrogens (tertiary/aromatic N) is 3. The van der Waals surface area contributed by atoms with E-state index in [0.29, 0.717) is 23.3 Å². The van der Waals surface area contributed by atoms with E-state index in [4.69, 9.17) is 10.5 Å². The molecule has 0 saturated carbocycles. The maximum absolute atomic E-state index is 14.4. The minimum atomic E-state index is -1.62. The Morgan fingerprint density at radius 1 is 1.15 bits per heavy atom. The molecule has 10 heteroatoms. The molecule has 0 spiro atoms. The van der Waals surface area contributed by atoms with E-state index in [1.165, 1.54) is 6.20 Å². The van der Waals surface area contributed by atoms with Crippen molar-refractivity contribution in [2.45, 2.75) is 6.92 Å². The second kappa shape index (κ2) is 9.14. The van der Waals surface area contributed by atoms with E-state index in [9.17, 15) is 18.0 Å². The first-order valence-corrected chi connectivity index (χ1v) is 10.5. The van der Waals surface area contributed by atoms with Gasteiger partial charge in [0.05, 0.1) is 34.7 Å². The third-order valence-electron chi connectivity index (χ3n) is 5.65. The molecule has 1 aliphatic rings. The number of primary amides is 1. The number of ether oxygens (including phenoxy) is 1. The fourth-order valence-electron chi connectivity index (χ4n) is 3.85. The molecule has 1 fully saturated rings. The van der Waals surface area contributed by atoms with Crippen LogP contribution in [-0.2, 0) is 0 Å². The van der Waals surface area contributed by atoms with Crippen LogP contribution in [0.5, 0.6) is 5.75 Å². The minimum Gasteiger partial charge on any atom is -0.492 e. The van der Waals surface area contributed by atoms with E-state index >= 15 is 0 Å². The lowest BCUT2D eigenvalue weighted by Gasteiger charge is -2.35. The number of carbonyl (C=O) groups is 1. The molecular weight excluding hydrogens is 435 g/mol. The van der Waals surface area contributed by atoms with Crippen LogP contribution in [-0.4, -0.2) is 55.6 Å². The van der Waals surface area contributed by atoms with Crippen LogP contribution in [0.25, 0.3) is 10.9 Å². The van der Waals surface area contributed by atoms with Crippen molar-refractivity contribution in [2.24, 2.45) is 5.73 Å². The van der Waals surface area contributed by atoms with Crippen molar-refractivity contribution in [3.05, 3.63) is 53.5 Å². The maximum atomic E-state index is 14.4. The van der Waals surface area contributed by atoms with Crippen LogP contribution >= 0.6 is 0 Å². The molecule has 1 saturated heterocycles. The van der Waals surface area contributed by atoms with Gasteiger partial charge in [0.2, 0.25) is 0 Å². The Kier molecular flexibility index (Phi) is 6.28. The van der Waals surface area contributed by atoms with Crippen LogP contribution in [0.15, 0.2) is 30.5 Å². The maximum Gasteiger partial charge on any atom is 0.252 e. The van der Waals surface area contributed by atoms with E-state index in [1.54, 1.807) is 12.1 Å². The third-order valence-corrected chi connectivity index (χ3v) is 5.65.